The molecule has 3 rings (SSSR count). The Morgan fingerprint density at radius 3 is 2.61 bits per heavy atom. The van der Waals surface area contributed by atoms with Gasteiger partial charge in [-0.15, -0.1) is 11.3 Å². The van der Waals surface area contributed by atoms with Crippen LogP contribution in [0.3, 0.4) is 0 Å². The summed E-state index contributed by atoms with van der Waals surface area (Å²) < 4.78 is 0. The summed E-state index contributed by atoms with van der Waals surface area (Å²) in [5.74, 6) is 0.648. The summed E-state index contributed by atoms with van der Waals surface area (Å²) >= 11 is 1.83. The zero-order chi connectivity index (χ0) is 16.1. The van der Waals surface area contributed by atoms with Gasteiger partial charge in [0.1, 0.15) is 0 Å². The summed E-state index contributed by atoms with van der Waals surface area (Å²) in [6.07, 6.45) is 2.33. The molecule has 0 unspecified atom stereocenters. The highest BCUT2D eigenvalue weighted by Gasteiger charge is 2.20. The summed E-state index contributed by atoms with van der Waals surface area (Å²) in [5.41, 5.74) is 1.94. The molecule has 0 bridgehead atoms. The van der Waals surface area contributed by atoms with E-state index in [1.165, 1.54) is 23.3 Å². The molecule has 4 heteroatoms. The second-order valence-electron chi connectivity index (χ2n) is 6.37. The van der Waals surface area contributed by atoms with Gasteiger partial charge in [0.25, 0.3) is 5.91 Å². The van der Waals surface area contributed by atoms with Crippen LogP contribution in [0.1, 0.15) is 33.6 Å². The van der Waals surface area contributed by atoms with Crippen LogP contribution >= 0.6 is 11.3 Å². The fourth-order valence-electron chi connectivity index (χ4n) is 3.02. The number of carbonyl (C=O) groups is 1. The Morgan fingerprint density at radius 2 is 1.96 bits per heavy atom. The Morgan fingerprint density at radius 1 is 1.22 bits per heavy atom. The van der Waals surface area contributed by atoms with Gasteiger partial charge in [0.05, 0.1) is 0 Å². The molecule has 2 heterocycles. The van der Waals surface area contributed by atoms with Gasteiger partial charge in [-0.05, 0) is 62.4 Å². The van der Waals surface area contributed by atoms with Crippen molar-refractivity contribution in [3.63, 3.8) is 0 Å². The lowest BCUT2D eigenvalue weighted by Crippen LogP contribution is -2.38. The molecule has 1 aliphatic rings. The van der Waals surface area contributed by atoms with Gasteiger partial charge in [-0.2, -0.15) is 0 Å². The SMILES string of the molecule is Cc1ccc(C(=O)NCC2CCN(Cc3cccs3)CC2)cc1. The standard InChI is InChI=1S/C19H24N2OS/c1-15-4-6-17(7-5-15)19(22)20-13-16-8-10-21(11-9-16)14-18-3-2-12-23-18/h2-7,12,16H,8-11,13-14H2,1H3,(H,20,22). The minimum Gasteiger partial charge on any atom is -0.352 e. The van der Waals surface area contributed by atoms with Crippen LogP contribution in [0.5, 0.6) is 0 Å². The molecule has 1 fully saturated rings. The number of benzene rings is 1. The average molecular weight is 328 g/mol. The number of hydrogen-bond acceptors (Lipinski definition) is 3. The van der Waals surface area contributed by atoms with E-state index in [4.69, 9.17) is 0 Å². The van der Waals surface area contributed by atoms with Gasteiger partial charge >= 0.3 is 0 Å². The number of nitrogens with zero attached hydrogens (tertiary/aromatic N) is 1. The third kappa shape index (κ3) is 4.66. The molecule has 1 saturated heterocycles. The quantitative estimate of drug-likeness (QED) is 0.908. The van der Waals surface area contributed by atoms with Crippen LogP contribution in [0.15, 0.2) is 41.8 Å². The van der Waals surface area contributed by atoms with Gasteiger partial charge < -0.3 is 5.32 Å². The topological polar surface area (TPSA) is 32.3 Å². The number of hydrogen-bond donors (Lipinski definition) is 1. The Bertz CT molecular complexity index is 613. The predicted octanol–water partition coefficient (Wildman–Crippen LogP) is 3.70. The number of aryl methyl sites for hydroxylation is 1. The van der Waals surface area contributed by atoms with Crippen molar-refractivity contribution in [2.75, 3.05) is 19.6 Å². The minimum absolute atomic E-state index is 0.0472. The molecule has 1 amide bonds. The molecule has 0 aliphatic carbocycles. The molecule has 0 saturated carbocycles. The zero-order valence-corrected chi connectivity index (χ0v) is 14.4. The van der Waals surface area contributed by atoms with E-state index in [1.807, 2.05) is 42.5 Å². The first-order chi connectivity index (χ1) is 11.2. The molecule has 23 heavy (non-hydrogen) atoms. The van der Waals surface area contributed by atoms with E-state index in [-0.39, 0.29) is 5.91 Å². The first-order valence-electron chi connectivity index (χ1n) is 8.30. The van der Waals surface area contributed by atoms with Crippen molar-refractivity contribution in [2.45, 2.75) is 26.3 Å². The highest BCUT2D eigenvalue weighted by atomic mass is 32.1. The van der Waals surface area contributed by atoms with Crippen LogP contribution in [-0.2, 0) is 6.54 Å². The van der Waals surface area contributed by atoms with Crippen molar-refractivity contribution in [3.05, 3.63) is 57.8 Å². The highest BCUT2D eigenvalue weighted by molar-refractivity contribution is 7.09. The van der Waals surface area contributed by atoms with Crippen molar-refractivity contribution >= 4 is 17.2 Å². The Kier molecular flexibility index (Phi) is 5.47. The highest BCUT2D eigenvalue weighted by Crippen LogP contribution is 2.20. The second-order valence-corrected chi connectivity index (χ2v) is 7.41. The zero-order valence-electron chi connectivity index (χ0n) is 13.6. The van der Waals surface area contributed by atoms with Gasteiger partial charge in [-0.25, -0.2) is 0 Å². The molecule has 1 aromatic carbocycles. The number of rotatable bonds is 5. The van der Waals surface area contributed by atoms with Gasteiger partial charge in [0, 0.05) is 23.5 Å². The number of thiophene rings is 1. The van der Waals surface area contributed by atoms with Crippen molar-refractivity contribution in [1.29, 1.82) is 0 Å². The van der Waals surface area contributed by atoms with Crippen LogP contribution in [0.25, 0.3) is 0 Å². The van der Waals surface area contributed by atoms with Gasteiger partial charge in [-0.1, -0.05) is 23.8 Å². The average Bonchev–Trinajstić information content (AvgIpc) is 3.07. The molecular formula is C19H24N2OS. The Hall–Kier alpha value is -1.65. The maximum atomic E-state index is 12.2. The van der Waals surface area contributed by atoms with Crippen molar-refractivity contribution in [1.82, 2.24) is 10.2 Å². The maximum absolute atomic E-state index is 12.2. The normalized spacial score (nSPS) is 16.4. The van der Waals surface area contributed by atoms with Gasteiger partial charge in [0.15, 0.2) is 0 Å². The van der Waals surface area contributed by atoms with Crippen molar-refractivity contribution in [3.8, 4) is 0 Å². The van der Waals surface area contributed by atoms with E-state index in [0.29, 0.717) is 5.92 Å². The Labute approximate surface area is 142 Å². The fraction of sp³-hybridized carbons (Fsp3) is 0.421. The summed E-state index contributed by atoms with van der Waals surface area (Å²) in [6.45, 7) is 6.15. The third-order valence-electron chi connectivity index (χ3n) is 4.53. The van der Waals surface area contributed by atoms with Gasteiger partial charge in [-0.3, -0.25) is 9.69 Å². The first-order valence-corrected chi connectivity index (χ1v) is 9.18. The van der Waals surface area contributed by atoms with Gasteiger partial charge in [0.2, 0.25) is 0 Å². The minimum atomic E-state index is 0.0472. The largest absolute Gasteiger partial charge is 0.352 e. The summed E-state index contributed by atoms with van der Waals surface area (Å²) in [6, 6.07) is 12.1. The molecule has 0 atom stereocenters. The molecule has 2 aromatic rings. The van der Waals surface area contributed by atoms with Crippen LogP contribution in [0.2, 0.25) is 0 Å². The van der Waals surface area contributed by atoms with Crippen LogP contribution in [-0.4, -0.2) is 30.4 Å². The van der Waals surface area contributed by atoms with Crippen molar-refractivity contribution in [2.24, 2.45) is 5.92 Å². The summed E-state index contributed by atoms with van der Waals surface area (Å²) in [4.78, 5) is 16.1. The molecule has 1 aliphatic heterocycles. The molecule has 122 valence electrons. The number of piperidine rings is 1. The summed E-state index contributed by atoms with van der Waals surface area (Å²) in [5, 5.41) is 5.23. The van der Waals surface area contributed by atoms with Crippen LogP contribution in [0.4, 0.5) is 0 Å². The smallest absolute Gasteiger partial charge is 0.251 e. The van der Waals surface area contributed by atoms with E-state index in [9.17, 15) is 4.79 Å². The molecule has 1 aromatic heterocycles. The lowest BCUT2D eigenvalue weighted by Gasteiger charge is -2.31. The lowest BCUT2D eigenvalue weighted by molar-refractivity contribution is 0.0935. The second kappa shape index (κ2) is 7.75. The van der Waals surface area contributed by atoms with E-state index < -0.39 is 0 Å². The van der Waals surface area contributed by atoms with E-state index in [1.54, 1.807) is 0 Å². The fourth-order valence-corrected chi connectivity index (χ4v) is 3.76. The van der Waals surface area contributed by atoms with Crippen LogP contribution in [0, 0.1) is 12.8 Å². The summed E-state index contributed by atoms with van der Waals surface area (Å²) in [7, 11) is 0. The van der Waals surface area contributed by atoms with Crippen LogP contribution < -0.4 is 5.32 Å². The van der Waals surface area contributed by atoms with E-state index >= 15 is 0 Å². The van der Waals surface area contributed by atoms with Crippen molar-refractivity contribution < 1.29 is 4.79 Å². The number of likely N-dealkylation sites (tertiary alicyclic amines) is 1. The number of nitrogens with one attached hydrogen (secondary N) is 1. The molecular weight excluding hydrogens is 304 g/mol. The maximum Gasteiger partial charge on any atom is 0.251 e. The predicted molar refractivity (Wildman–Crippen MR) is 95.8 cm³/mol. The monoisotopic (exact) mass is 328 g/mol. The molecule has 0 spiro atoms. The Balaban J connectivity index is 1.40. The lowest BCUT2D eigenvalue weighted by atomic mass is 9.96. The van der Waals surface area contributed by atoms with E-state index in [0.717, 1.165) is 31.7 Å². The molecule has 1 N–H and O–H groups in total. The first kappa shape index (κ1) is 16.2. The molecule has 0 radical (unpaired) electrons. The number of carbonyl (C=O) groups excluding carboxylic acids is 1. The van der Waals surface area contributed by atoms with E-state index in [2.05, 4.69) is 27.7 Å². The third-order valence-corrected chi connectivity index (χ3v) is 5.39. The molecule has 3 nitrogen and oxygen atoms in total. The number of amides is 1.